The third-order valence-electron chi connectivity index (χ3n) is 2.14. The van der Waals surface area contributed by atoms with Crippen molar-refractivity contribution in [2.24, 2.45) is 0 Å². The number of carbonyl (C=O) groups excluding carboxylic acids is 2. The first-order valence-electron chi connectivity index (χ1n) is 5.29. The molecule has 0 aliphatic carbocycles. The number of carbonyl (C=O) groups is 2. The van der Waals surface area contributed by atoms with Crippen LogP contribution >= 0.6 is 11.8 Å². The lowest BCUT2D eigenvalue weighted by molar-refractivity contribution is -0.0328. The van der Waals surface area contributed by atoms with Crippen molar-refractivity contribution in [3.8, 4) is 6.07 Å². The van der Waals surface area contributed by atoms with E-state index >= 15 is 0 Å². The van der Waals surface area contributed by atoms with E-state index in [9.17, 15) is 22.8 Å². The first kappa shape index (κ1) is 16.0. The lowest BCUT2D eigenvalue weighted by atomic mass is 10.0. The molecule has 0 amide bonds. The fourth-order valence-electron chi connectivity index (χ4n) is 1.43. The number of aldehydes is 1. The molecule has 1 rings (SSSR count). The van der Waals surface area contributed by atoms with Crippen molar-refractivity contribution in [3.05, 3.63) is 28.8 Å². The molecule has 4 nitrogen and oxygen atoms in total. The van der Waals surface area contributed by atoms with Gasteiger partial charge in [-0.2, -0.15) is 18.4 Å². The number of hydrogen-bond donors (Lipinski definition) is 0. The molecule has 20 heavy (non-hydrogen) atoms. The largest absolute Gasteiger partial charge is 0.462 e. The quantitative estimate of drug-likeness (QED) is 0.485. The van der Waals surface area contributed by atoms with Crippen LogP contribution in [0.4, 0.5) is 13.2 Å². The maximum Gasteiger partial charge on any atom is 0.446 e. The summed E-state index contributed by atoms with van der Waals surface area (Å²) in [6, 6.07) is 3.59. The third-order valence-corrected chi connectivity index (χ3v) is 2.93. The number of ether oxygens (including phenoxy) is 1. The average molecular weight is 303 g/mol. The Balaban J connectivity index is 3.48. The molecule has 0 unspecified atom stereocenters. The van der Waals surface area contributed by atoms with Crippen LogP contribution in [-0.4, -0.2) is 24.4 Å². The van der Waals surface area contributed by atoms with Crippen molar-refractivity contribution in [3.63, 3.8) is 0 Å². The number of benzene rings is 1. The van der Waals surface area contributed by atoms with Crippen LogP contribution < -0.4 is 0 Å². The molecule has 0 aliphatic heterocycles. The summed E-state index contributed by atoms with van der Waals surface area (Å²) in [6.45, 7) is 1.41. The number of hydrogen-bond acceptors (Lipinski definition) is 5. The maximum atomic E-state index is 12.4. The van der Waals surface area contributed by atoms with Crippen molar-refractivity contribution < 1.29 is 27.5 Å². The monoisotopic (exact) mass is 303 g/mol. The number of esters is 1. The third kappa shape index (κ3) is 3.74. The van der Waals surface area contributed by atoms with E-state index in [2.05, 4.69) is 4.74 Å². The highest BCUT2D eigenvalue weighted by atomic mass is 32.2. The summed E-state index contributed by atoms with van der Waals surface area (Å²) >= 11 is -0.538. The highest BCUT2D eigenvalue weighted by Gasteiger charge is 2.33. The van der Waals surface area contributed by atoms with Crippen molar-refractivity contribution >= 4 is 24.0 Å². The van der Waals surface area contributed by atoms with E-state index in [1.54, 1.807) is 6.07 Å². The van der Waals surface area contributed by atoms with Crippen LogP contribution in [0, 0.1) is 11.3 Å². The minimum Gasteiger partial charge on any atom is -0.462 e. The minimum absolute atomic E-state index is 0.0643. The number of thioether (sulfide) groups is 1. The molecule has 0 aromatic heterocycles. The van der Waals surface area contributed by atoms with Gasteiger partial charge in [0.05, 0.1) is 17.7 Å². The van der Waals surface area contributed by atoms with Crippen LogP contribution in [0.25, 0.3) is 0 Å². The highest BCUT2D eigenvalue weighted by molar-refractivity contribution is 8.00. The van der Waals surface area contributed by atoms with Gasteiger partial charge in [0.1, 0.15) is 6.07 Å². The Labute approximate surface area is 116 Å². The second kappa shape index (κ2) is 6.43. The first-order chi connectivity index (χ1) is 9.34. The summed E-state index contributed by atoms with van der Waals surface area (Å²) < 4.78 is 42.0. The van der Waals surface area contributed by atoms with Crippen molar-refractivity contribution in [1.29, 1.82) is 5.26 Å². The van der Waals surface area contributed by atoms with E-state index in [0.717, 1.165) is 12.1 Å². The molecule has 1 aromatic rings. The first-order valence-corrected chi connectivity index (χ1v) is 6.10. The minimum atomic E-state index is -4.63. The molecule has 0 radical (unpaired) electrons. The number of rotatable bonds is 4. The van der Waals surface area contributed by atoms with E-state index in [1.165, 1.54) is 6.92 Å². The molecule has 0 fully saturated rings. The second-order valence-corrected chi connectivity index (χ2v) is 4.51. The standard InChI is InChI=1S/C12H8F3NO3S/c1-2-19-11(18)10-8(5-16)7(6-17)3-4-9(10)20-12(13,14)15/h3-4,6H,2H2,1H3. The van der Waals surface area contributed by atoms with Crippen LogP contribution in [0.15, 0.2) is 17.0 Å². The van der Waals surface area contributed by atoms with Gasteiger partial charge in [0.2, 0.25) is 0 Å². The molecule has 8 heteroatoms. The number of alkyl halides is 3. The lowest BCUT2D eigenvalue weighted by Crippen LogP contribution is -2.12. The van der Waals surface area contributed by atoms with Gasteiger partial charge in [-0.05, 0) is 30.8 Å². The summed E-state index contributed by atoms with van der Waals surface area (Å²) in [6.07, 6.45) is 0.295. The van der Waals surface area contributed by atoms with E-state index in [-0.39, 0.29) is 12.2 Å². The van der Waals surface area contributed by atoms with Gasteiger partial charge >= 0.3 is 11.5 Å². The van der Waals surface area contributed by atoms with Gasteiger partial charge < -0.3 is 4.74 Å². The SMILES string of the molecule is CCOC(=O)c1c(SC(F)(F)F)ccc(C=O)c1C#N. The van der Waals surface area contributed by atoms with Crippen LogP contribution in [0.3, 0.4) is 0 Å². The van der Waals surface area contributed by atoms with Crippen molar-refractivity contribution in [2.45, 2.75) is 17.3 Å². The molecule has 0 saturated heterocycles. The van der Waals surface area contributed by atoms with E-state index in [0.29, 0.717) is 6.29 Å². The smallest absolute Gasteiger partial charge is 0.446 e. The zero-order valence-electron chi connectivity index (χ0n) is 10.2. The second-order valence-electron chi connectivity index (χ2n) is 3.40. The van der Waals surface area contributed by atoms with Crippen LogP contribution in [0.5, 0.6) is 0 Å². The van der Waals surface area contributed by atoms with Gasteiger partial charge in [0.25, 0.3) is 0 Å². The van der Waals surface area contributed by atoms with Gasteiger partial charge in [0.15, 0.2) is 6.29 Å². The van der Waals surface area contributed by atoms with E-state index in [1.807, 2.05) is 0 Å². The highest BCUT2D eigenvalue weighted by Crippen LogP contribution is 2.40. The van der Waals surface area contributed by atoms with Gasteiger partial charge in [-0.15, -0.1) is 0 Å². The molecule has 0 heterocycles. The zero-order valence-corrected chi connectivity index (χ0v) is 11.0. The Morgan fingerprint density at radius 1 is 1.50 bits per heavy atom. The zero-order chi connectivity index (χ0) is 15.3. The summed E-state index contributed by atoms with van der Waals surface area (Å²) in [4.78, 5) is 22.0. The Bertz CT molecular complexity index is 579. The Kier molecular flexibility index (Phi) is 5.16. The molecular weight excluding hydrogens is 295 g/mol. The average Bonchev–Trinajstić information content (AvgIpc) is 2.36. The summed E-state index contributed by atoms with van der Waals surface area (Å²) in [5, 5.41) is 8.96. The van der Waals surface area contributed by atoms with E-state index in [4.69, 9.17) is 5.26 Å². The molecule has 0 N–H and O–H groups in total. The van der Waals surface area contributed by atoms with Crippen LogP contribution in [0.1, 0.15) is 33.2 Å². The van der Waals surface area contributed by atoms with Crippen molar-refractivity contribution in [1.82, 2.24) is 0 Å². The Morgan fingerprint density at radius 2 is 2.15 bits per heavy atom. The summed E-state index contributed by atoms with van der Waals surface area (Å²) in [5.41, 5.74) is -5.76. The summed E-state index contributed by atoms with van der Waals surface area (Å²) in [5.74, 6) is -1.07. The molecule has 0 atom stereocenters. The van der Waals surface area contributed by atoms with Crippen LogP contribution in [-0.2, 0) is 4.74 Å². The van der Waals surface area contributed by atoms with Gasteiger partial charge in [0, 0.05) is 10.5 Å². The molecule has 0 saturated carbocycles. The maximum absolute atomic E-state index is 12.4. The summed E-state index contributed by atoms with van der Waals surface area (Å²) in [7, 11) is 0. The number of nitrogens with zero attached hydrogens (tertiary/aromatic N) is 1. The molecular formula is C12H8F3NO3S. The predicted octanol–water partition coefficient (Wildman–Crippen LogP) is 3.16. The molecule has 1 aromatic carbocycles. The molecule has 106 valence electrons. The predicted molar refractivity (Wildman–Crippen MR) is 64.4 cm³/mol. The lowest BCUT2D eigenvalue weighted by Gasteiger charge is -2.12. The van der Waals surface area contributed by atoms with E-state index < -0.39 is 39.3 Å². The van der Waals surface area contributed by atoms with Gasteiger partial charge in [-0.1, -0.05) is 0 Å². The van der Waals surface area contributed by atoms with Crippen molar-refractivity contribution in [2.75, 3.05) is 6.61 Å². The molecule has 0 bridgehead atoms. The fraction of sp³-hybridized carbons (Fsp3) is 0.250. The normalized spacial score (nSPS) is 10.8. The van der Waals surface area contributed by atoms with Gasteiger partial charge in [-0.25, -0.2) is 4.79 Å². The Hall–Kier alpha value is -2.01. The Morgan fingerprint density at radius 3 is 2.60 bits per heavy atom. The molecule has 0 spiro atoms. The number of nitriles is 1. The topological polar surface area (TPSA) is 67.2 Å². The van der Waals surface area contributed by atoms with Gasteiger partial charge in [-0.3, -0.25) is 4.79 Å². The number of halogens is 3. The molecule has 0 aliphatic rings. The van der Waals surface area contributed by atoms with Crippen LogP contribution in [0.2, 0.25) is 0 Å². The fourth-order valence-corrected chi connectivity index (χ4v) is 2.11.